The van der Waals surface area contributed by atoms with Crippen molar-refractivity contribution in [3.8, 4) is 5.75 Å². The second kappa shape index (κ2) is 6.21. The van der Waals surface area contributed by atoms with Gasteiger partial charge in [-0.05, 0) is 54.5 Å². The summed E-state index contributed by atoms with van der Waals surface area (Å²) in [5.41, 5.74) is 3.55. The van der Waals surface area contributed by atoms with Crippen molar-refractivity contribution in [3.63, 3.8) is 0 Å². The molecule has 1 saturated carbocycles. The normalized spacial score (nSPS) is 23.8. The van der Waals surface area contributed by atoms with E-state index in [9.17, 15) is 9.90 Å². The number of amides is 1. The molecule has 4 rings (SSSR count). The van der Waals surface area contributed by atoms with Crippen molar-refractivity contribution in [2.24, 2.45) is 5.92 Å². The summed E-state index contributed by atoms with van der Waals surface area (Å²) in [5, 5.41) is 12.9. The van der Waals surface area contributed by atoms with Crippen LogP contribution in [0.4, 0.5) is 5.69 Å². The van der Waals surface area contributed by atoms with E-state index in [0.29, 0.717) is 5.92 Å². The van der Waals surface area contributed by atoms with Crippen LogP contribution in [-0.2, 0) is 10.2 Å². The molecule has 1 fully saturated rings. The van der Waals surface area contributed by atoms with E-state index in [1.54, 1.807) is 12.1 Å². The molecule has 3 heteroatoms. The van der Waals surface area contributed by atoms with E-state index in [0.717, 1.165) is 35.2 Å². The molecule has 1 aliphatic carbocycles. The quantitative estimate of drug-likeness (QED) is 0.766. The van der Waals surface area contributed by atoms with Gasteiger partial charge >= 0.3 is 0 Å². The van der Waals surface area contributed by atoms with Gasteiger partial charge in [-0.15, -0.1) is 0 Å². The Balaban J connectivity index is 1.95. The molecule has 1 amide bonds. The second-order valence-corrected chi connectivity index (χ2v) is 7.49. The van der Waals surface area contributed by atoms with E-state index in [-0.39, 0.29) is 11.7 Å². The van der Waals surface area contributed by atoms with Crippen LogP contribution in [0.25, 0.3) is 0 Å². The molecule has 3 nitrogen and oxygen atoms in total. The van der Waals surface area contributed by atoms with Gasteiger partial charge in [0.1, 0.15) is 11.2 Å². The summed E-state index contributed by atoms with van der Waals surface area (Å²) in [4.78, 5) is 13.4. The first-order chi connectivity index (χ1) is 12.1. The summed E-state index contributed by atoms with van der Waals surface area (Å²) in [7, 11) is 0. The van der Waals surface area contributed by atoms with E-state index in [1.165, 1.54) is 25.7 Å². The maximum atomic E-state index is 13.4. The van der Waals surface area contributed by atoms with Gasteiger partial charge in [-0.2, -0.15) is 0 Å². The van der Waals surface area contributed by atoms with Crippen LogP contribution in [0.3, 0.4) is 0 Å². The number of carbonyl (C=O) groups is 1. The van der Waals surface area contributed by atoms with Gasteiger partial charge in [0.15, 0.2) is 0 Å². The van der Waals surface area contributed by atoms with E-state index in [4.69, 9.17) is 0 Å². The summed E-state index contributed by atoms with van der Waals surface area (Å²) in [5.74, 6) is 0.625. The Kier molecular flexibility index (Phi) is 4.03. The average molecular weight is 335 g/mol. The van der Waals surface area contributed by atoms with Crippen LogP contribution in [0, 0.1) is 12.8 Å². The highest BCUT2D eigenvalue weighted by Crippen LogP contribution is 2.52. The van der Waals surface area contributed by atoms with Crippen LogP contribution in [0.2, 0.25) is 0 Å². The number of para-hydroxylation sites is 1. The van der Waals surface area contributed by atoms with Crippen molar-refractivity contribution in [1.82, 2.24) is 0 Å². The Morgan fingerprint density at radius 2 is 1.68 bits per heavy atom. The Morgan fingerprint density at radius 3 is 2.36 bits per heavy atom. The zero-order valence-electron chi connectivity index (χ0n) is 14.7. The number of phenols is 1. The summed E-state index contributed by atoms with van der Waals surface area (Å²) >= 11 is 0. The van der Waals surface area contributed by atoms with Gasteiger partial charge in [-0.3, -0.25) is 4.79 Å². The first-order valence-corrected chi connectivity index (χ1v) is 9.35. The molecule has 1 atom stereocenters. The Hall–Kier alpha value is -2.29. The molecule has 1 aliphatic heterocycles. The number of aryl methyl sites for hydroxylation is 1. The molecule has 0 aromatic heterocycles. The number of rotatable bonds is 2. The van der Waals surface area contributed by atoms with E-state index in [2.05, 4.69) is 30.4 Å². The number of hydrogen-bond donors (Lipinski definition) is 2. The number of carbonyl (C=O) groups excluding carboxylic acids is 1. The SMILES string of the molecule is Cc1cccc2c1NC(=O)C2(c1ccc(O)cc1)C1CCCCCC1. The zero-order valence-corrected chi connectivity index (χ0v) is 14.7. The van der Waals surface area contributed by atoms with E-state index >= 15 is 0 Å². The van der Waals surface area contributed by atoms with E-state index in [1.807, 2.05) is 12.1 Å². The fourth-order valence-corrected chi connectivity index (χ4v) is 4.86. The van der Waals surface area contributed by atoms with Crippen molar-refractivity contribution < 1.29 is 9.90 Å². The van der Waals surface area contributed by atoms with Crippen LogP contribution in [0.15, 0.2) is 42.5 Å². The Bertz CT molecular complexity index is 788. The van der Waals surface area contributed by atoms with Gasteiger partial charge in [-0.1, -0.05) is 56.0 Å². The van der Waals surface area contributed by atoms with Gasteiger partial charge in [0, 0.05) is 5.69 Å². The molecule has 1 unspecified atom stereocenters. The lowest BCUT2D eigenvalue weighted by molar-refractivity contribution is -0.121. The third-order valence-corrected chi connectivity index (χ3v) is 6.08. The van der Waals surface area contributed by atoms with Crippen LogP contribution in [0.5, 0.6) is 5.75 Å². The molecule has 2 aliphatic rings. The van der Waals surface area contributed by atoms with Gasteiger partial charge < -0.3 is 10.4 Å². The molecule has 2 aromatic rings. The maximum Gasteiger partial charge on any atom is 0.239 e. The molecule has 1 heterocycles. The Labute approximate surface area is 149 Å². The number of nitrogens with one attached hydrogen (secondary N) is 1. The first kappa shape index (κ1) is 16.2. The van der Waals surface area contributed by atoms with Gasteiger partial charge in [0.05, 0.1) is 0 Å². The van der Waals surface area contributed by atoms with Gasteiger partial charge in [0.25, 0.3) is 0 Å². The molecule has 0 spiro atoms. The van der Waals surface area contributed by atoms with Crippen LogP contribution < -0.4 is 5.32 Å². The number of benzene rings is 2. The predicted octanol–water partition coefficient (Wildman–Crippen LogP) is 4.91. The first-order valence-electron chi connectivity index (χ1n) is 9.35. The minimum absolute atomic E-state index is 0.0920. The van der Waals surface area contributed by atoms with Crippen LogP contribution in [-0.4, -0.2) is 11.0 Å². The number of anilines is 1. The molecule has 2 aromatic carbocycles. The topological polar surface area (TPSA) is 49.3 Å². The minimum Gasteiger partial charge on any atom is -0.508 e. The minimum atomic E-state index is -0.639. The molecule has 0 saturated heterocycles. The molecule has 0 bridgehead atoms. The summed E-state index contributed by atoms with van der Waals surface area (Å²) < 4.78 is 0. The van der Waals surface area contributed by atoms with Crippen LogP contribution in [0.1, 0.15) is 55.2 Å². The highest BCUT2D eigenvalue weighted by Gasteiger charge is 2.53. The largest absolute Gasteiger partial charge is 0.508 e. The lowest BCUT2D eigenvalue weighted by Crippen LogP contribution is -2.43. The zero-order chi connectivity index (χ0) is 17.4. The Morgan fingerprint density at radius 1 is 1.00 bits per heavy atom. The van der Waals surface area contributed by atoms with E-state index < -0.39 is 5.41 Å². The standard InChI is InChI=1S/C22H25NO2/c1-15-7-6-10-19-20(15)23-21(25)22(19,16-8-4-2-3-5-9-16)17-11-13-18(24)14-12-17/h6-7,10-14,16,24H,2-5,8-9H2,1H3,(H,23,25). The lowest BCUT2D eigenvalue weighted by Gasteiger charge is -2.36. The summed E-state index contributed by atoms with van der Waals surface area (Å²) in [6.07, 6.45) is 7.01. The molecule has 0 radical (unpaired) electrons. The smallest absolute Gasteiger partial charge is 0.239 e. The monoisotopic (exact) mass is 335 g/mol. The van der Waals surface area contributed by atoms with Gasteiger partial charge in [0.2, 0.25) is 5.91 Å². The third-order valence-electron chi connectivity index (χ3n) is 6.08. The summed E-state index contributed by atoms with van der Waals surface area (Å²) in [6.45, 7) is 2.05. The van der Waals surface area contributed by atoms with Crippen molar-refractivity contribution in [2.45, 2.75) is 50.9 Å². The van der Waals surface area contributed by atoms with Crippen molar-refractivity contribution in [3.05, 3.63) is 59.2 Å². The average Bonchev–Trinajstić information content (AvgIpc) is 2.78. The second-order valence-electron chi connectivity index (χ2n) is 7.49. The number of aromatic hydroxyl groups is 1. The molecular formula is C22H25NO2. The predicted molar refractivity (Wildman–Crippen MR) is 99.9 cm³/mol. The fourth-order valence-electron chi connectivity index (χ4n) is 4.86. The van der Waals surface area contributed by atoms with Crippen LogP contribution >= 0.6 is 0 Å². The maximum absolute atomic E-state index is 13.4. The lowest BCUT2D eigenvalue weighted by atomic mass is 9.64. The van der Waals surface area contributed by atoms with Crippen molar-refractivity contribution >= 4 is 11.6 Å². The van der Waals surface area contributed by atoms with Gasteiger partial charge in [-0.25, -0.2) is 0 Å². The molecule has 130 valence electrons. The number of phenolic OH excluding ortho intramolecular Hbond substituents is 1. The fraction of sp³-hybridized carbons (Fsp3) is 0.409. The number of fused-ring (bicyclic) bond motifs is 1. The summed E-state index contributed by atoms with van der Waals surface area (Å²) in [6, 6.07) is 13.5. The van der Waals surface area contributed by atoms with Crippen molar-refractivity contribution in [1.29, 1.82) is 0 Å². The third kappa shape index (κ3) is 2.45. The molecule has 25 heavy (non-hydrogen) atoms. The molecule has 2 N–H and O–H groups in total. The van der Waals surface area contributed by atoms with Crippen molar-refractivity contribution in [2.75, 3.05) is 5.32 Å². The molecular weight excluding hydrogens is 310 g/mol. The highest BCUT2D eigenvalue weighted by molar-refractivity contribution is 6.09. The highest BCUT2D eigenvalue weighted by atomic mass is 16.3. The number of hydrogen-bond acceptors (Lipinski definition) is 2.